The summed E-state index contributed by atoms with van der Waals surface area (Å²) in [6.07, 6.45) is 2.94. The van der Waals surface area contributed by atoms with E-state index in [1.807, 2.05) is 33.2 Å². The van der Waals surface area contributed by atoms with Crippen LogP contribution in [0.2, 0.25) is 0 Å². The monoisotopic (exact) mass is 489 g/mol. The molecule has 3 N–H and O–H groups in total. The highest BCUT2D eigenvalue weighted by molar-refractivity contribution is 7.14. The second-order valence-electron chi connectivity index (χ2n) is 8.75. The van der Waals surface area contributed by atoms with Crippen molar-refractivity contribution in [3.63, 3.8) is 0 Å². The molecule has 1 aliphatic rings. The molecule has 1 aliphatic heterocycles. The number of nitrogens with zero attached hydrogens (tertiary/aromatic N) is 2. The van der Waals surface area contributed by atoms with Crippen LogP contribution >= 0.6 is 11.3 Å². The van der Waals surface area contributed by atoms with E-state index in [-0.39, 0.29) is 11.9 Å². The third-order valence-corrected chi connectivity index (χ3v) is 6.66. The number of rotatable bonds is 9. The molecule has 1 atom stereocenters. The van der Waals surface area contributed by atoms with Crippen LogP contribution in [0.25, 0.3) is 0 Å². The van der Waals surface area contributed by atoms with Gasteiger partial charge < -0.3 is 20.4 Å². The highest BCUT2D eigenvalue weighted by Crippen LogP contribution is 2.32. The van der Waals surface area contributed by atoms with Crippen molar-refractivity contribution < 1.29 is 19.2 Å². The first-order valence-corrected chi connectivity index (χ1v) is 12.0. The van der Waals surface area contributed by atoms with Gasteiger partial charge >= 0.3 is 6.03 Å². The van der Waals surface area contributed by atoms with Gasteiger partial charge in [-0.05, 0) is 64.6 Å². The number of allylic oxidation sites excluding steroid dienone is 2. The second kappa shape index (κ2) is 11.9. The molecule has 2 heterocycles. The number of imide groups is 1. The Hall–Kier alpha value is -2.98. The molecule has 0 saturated heterocycles. The van der Waals surface area contributed by atoms with Crippen molar-refractivity contribution in [1.29, 1.82) is 0 Å². The minimum atomic E-state index is -0.749. The highest BCUT2D eigenvalue weighted by Gasteiger charge is 2.35. The average molecular weight is 490 g/mol. The first kappa shape index (κ1) is 27.3. The maximum Gasteiger partial charge on any atom is 0.319 e. The van der Waals surface area contributed by atoms with E-state index in [9.17, 15) is 19.2 Å². The summed E-state index contributed by atoms with van der Waals surface area (Å²) in [6, 6.07) is 0.808. The van der Waals surface area contributed by atoms with Crippen LogP contribution in [0.4, 0.5) is 4.79 Å². The lowest BCUT2D eigenvalue weighted by molar-refractivity contribution is -0.131. The lowest BCUT2D eigenvalue weighted by Gasteiger charge is -2.22. The van der Waals surface area contributed by atoms with Gasteiger partial charge in [-0.3, -0.25) is 19.7 Å². The number of hydrogen-bond donors (Lipinski definition) is 3. The molecule has 186 valence electrons. The van der Waals surface area contributed by atoms with E-state index in [2.05, 4.69) is 34.7 Å². The molecule has 0 aromatic carbocycles. The molecular formula is C24H35N5O4S. The summed E-state index contributed by atoms with van der Waals surface area (Å²) < 4.78 is 0. The number of fused-ring (bicyclic) bond motifs is 1. The van der Waals surface area contributed by atoms with E-state index in [1.54, 1.807) is 6.92 Å². The average Bonchev–Trinajstić information content (AvgIpc) is 3.28. The van der Waals surface area contributed by atoms with Crippen molar-refractivity contribution in [3.8, 4) is 0 Å². The highest BCUT2D eigenvalue weighted by atomic mass is 32.1. The van der Waals surface area contributed by atoms with Gasteiger partial charge in [-0.25, -0.2) is 4.79 Å². The van der Waals surface area contributed by atoms with Crippen LogP contribution in [0.1, 0.15) is 61.2 Å². The van der Waals surface area contributed by atoms with Gasteiger partial charge in [-0.1, -0.05) is 12.5 Å². The van der Waals surface area contributed by atoms with Gasteiger partial charge in [-0.2, -0.15) is 0 Å². The predicted octanol–water partition coefficient (Wildman–Crippen LogP) is 2.75. The Kier molecular flexibility index (Phi) is 9.57. The van der Waals surface area contributed by atoms with Crippen molar-refractivity contribution in [2.75, 3.05) is 20.6 Å². The van der Waals surface area contributed by atoms with Crippen molar-refractivity contribution in [2.45, 2.75) is 60.2 Å². The van der Waals surface area contributed by atoms with Crippen molar-refractivity contribution in [1.82, 2.24) is 25.8 Å². The van der Waals surface area contributed by atoms with E-state index in [1.165, 1.54) is 34.3 Å². The molecule has 1 aromatic heterocycles. The number of carbonyl (C=O) groups is 4. The molecule has 0 saturated carbocycles. The Morgan fingerprint density at radius 3 is 2.44 bits per heavy atom. The molecular weight excluding hydrogens is 454 g/mol. The number of likely N-dealkylation sites (N-methyl/N-ethyl adjacent to an activating group) is 1. The maximum absolute atomic E-state index is 12.7. The fraction of sp³-hybridized carbons (Fsp3) is 0.500. The summed E-state index contributed by atoms with van der Waals surface area (Å²) >= 11 is 1.30. The molecule has 10 heteroatoms. The SMILES string of the molecule is CC/C(C)=C(\C=C(/C)NC(=O)NCc1cc2c(s1)C(=O)N(C(C)C(=O)NC(C)=O)C2)CN(C)C. The number of nitrogens with one attached hydrogen (secondary N) is 3. The standard InChI is InChI=1S/C24H35N5O4S/c1-8-14(2)18(12-28(6)7)9-15(3)26-24(33)25-11-20-10-19-13-29(23(32)21(19)34-20)16(4)22(31)27-17(5)30/h9-10,16H,8,11-13H2,1-7H3,(H2,25,26,33)(H,27,30,31)/b15-9+,18-14+. The van der Waals surface area contributed by atoms with Crippen LogP contribution in [0.5, 0.6) is 0 Å². The number of amides is 5. The van der Waals surface area contributed by atoms with Gasteiger partial charge in [0.25, 0.3) is 5.91 Å². The van der Waals surface area contributed by atoms with E-state index < -0.39 is 17.9 Å². The van der Waals surface area contributed by atoms with Gasteiger partial charge in [0.1, 0.15) is 6.04 Å². The number of urea groups is 1. The van der Waals surface area contributed by atoms with Gasteiger partial charge in [0, 0.05) is 30.6 Å². The Balaban J connectivity index is 1.95. The largest absolute Gasteiger partial charge is 0.333 e. The molecule has 1 unspecified atom stereocenters. The van der Waals surface area contributed by atoms with E-state index in [0.717, 1.165) is 29.1 Å². The first-order chi connectivity index (χ1) is 15.9. The summed E-state index contributed by atoms with van der Waals surface area (Å²) in [5, 5.41) is 7.90. The van der Waals surface area contributed by atoms with Gasteiger partial charge in [-0.15, -0.1) is 11.3 Å². The van der Waals surface area contributed by atoms with Gasteiger partial charge in [0.2, 0.25) is 11.8 Å². The topological polar surface area (TPSA) is 111 Å². The third-order valence-electron chi connectivity index (χ3n) is 5.49. The lowest BCUT2D eigenvalue weighted by Crippen LogP contribution is -2.46. The molecule has 0 fully saturated rings. The fourth-order valence-electron chi connectivity index (χ4n) is 3.55. The second-order valence-corrected chi connectivity index (χ2v) is 9.89. The van der Waals surface area contributed by atoms with E-state index >= 15 is 0 Å². The minimum absolute atomic E-state index is 0.243. The quantitative estimate of drug-likeness (QED) is 0.462. The zero-order valence-electron chi connectivity index (χ0n) is 21.0. The molecule has 1 aromatic rings. The Labute approximate surface area is 205 Å². The first-order valence-electron chi connectivity index (χ1n) is 11.2. The number of thiophene rings is 1. The zero-order chi connectivity index (χ0) is 25.6. The van der Waals surface area contributed by atoms with Crippen LogP contribution in [-0.2, 0) is 22.7 Å². The number of carbonyl (C=O) groups excluding carboxylic acids is 4. The van der Waals surface area contributed by atoms with Crippen LogP contribution in [-0.4, -0.2) is 60.2 Å². The predicted molar refractivity (Wildman–Crippen MR) is 133 cm³/mol. The third kappa shape index (κ3) is 7.26. The summed E-state index contributed by atoms with van der Waals surface area (Å²) in [4.78, 5) is 53.3. The Bertz CT molecular complexity index is 1020. The molecule has 2 rings (SSSR count). The van der Waals surface area contributed by atoms with Crippen molar-refractivity contribution in [3.05, 3.63) is 44.3 Å². The molecule has 0 bridgehead atoms. The molecule has 5 amide bonds. The molecule has 0 radical (unpaired) electrons. The van der Waals surface area contributed by atoms with Crippen molar-refractivity contribution in [2.24, 2.45) is 0 Å². The Morgan fingerprint density at radius 1 is 1.21 bits per heavy atom. The smallest absolute Gasteiger partial charge is 0.319 e. The van der Waals surface area contributed by atoms with E-state index in [4.69, 9.17) is 0 Å². The molecule has 34 heavy (non-hydrogen) atoms. The molecule has 0 aliphatic carbocycles. The Morgan fingerprint density at radius 2 is 1.88 bits per heavy atom. The minimum Gasteiger partial charge on any atom is -0.333 e. The maximum atomic E-state index is 12.7. The lowest BCUT2D eigenvalue weighted by atomic mass is 10.1. The van der Waals surface area contributed by atoms with Crippen molar-refractivity contribution >= 4 is 35.1 Å². The normalized spacial score (nSPS) is 15.1. The molecule has 9 nitrogen and oxygen atoms in total. The van der Waals surface area contributed by atoms with Crippen LogP contribution in [0.3, 0.4) is 0 Å². The van der Waals surface area contributed by atoms with Gasteiger partial charge in [0.15, 0.2) is 0 Å². The molecule has 0 spiro atoms. The van der Waals surface area contributed by atoms with Crippen LogP contribution in [0.15, 0.2) is 29.0 Å². The fourth-order valence-corrected chi connectivity index (χ4v) is 4.62. The van der Waals surface area contributed by atoms with Crippen LogP contribution < -0.4 is 16.0 Å². The summed E-state index contributed by atoms with van der Waals surface area (Å²) in [7, 11) is 4.02. The number of hydrogen-bond acceptors (Lipinski definition) is 6. The van der Waals surface area contributed by atoms with Gasteiger partial charge in [0.05, 0.1) is 11.4 Å². The summed E-state index contributed by atoms with van der Waals surface area (Å²) in [5.74, 6) is -1.21. The summed E-state index contributed by atoms with van der Waals surface area (Å²) in [6.45, 7) is 10.3. The van der Waals surface area contributed by atoms with E-state index in [0.29, 0.717) is 18.0 Å². The summed E-state index contributed by atoms with van der Waals surface area (Å²) in [5.41, 5.74) is 4.02. The van der Waals surface area contributed by atoms with Crippen LogP contribution in [0, 0.1) is 0 Å². The zero-order valence-corrected chi connectivity index (χ0v) is 21.8.